The minimum atomic E-state index is 0.665. The summed E-state index contributed by atoms with van der Waals surface area (Å²) in [6, 6.07) is 3.84. The molecule has 2 rings (SSSR count). The fourth-order valence-electron chi connectivity index (χ4n) is 1.28. The first-order valence-corrected chi connectivity index (χ1v) is 5.75. The average molecular weight is 223 g/mol. The first kappa shape index (κ1) is 10.3. The number of thioether (sulfide) groups is 1. The van der Waals surface area contributed by atoms with Crippen molar-refractivity contribution >= 4 is 11.8 Å². The quantitative estimate of drug-likeness (QED) is 0.782. The molecule has 15 heavy (non-hydrogen) atoms. The second kappa shape index (κ2) is 5.04. The van der Waals surface area contributed by atoms with E-state index in [0.717, 1.165) is 23.2 Å². The summed E-state index contributed by atoms with van der Waals surface area (Å²) in [6.45, 7) is 1.39. The lowest BCUT2D eigenvalue weighted by Gasteiger charge is -2.04. The summed E-state index contributed by atoms with van der Waals surface area (Å²) in [5.41, 5.74) is 5.45. The number of hydrogen-bond acceptors (Lipinski definition) is 4. The van der Waals surface area contributed by atoms with Crippen molar-refractivity contribution in [2.45, 2.75) is 11.7 Å². The van der Waals surface area contributed by atoms with Crippen molar-refractivity contribution in [3.8, 4) is 0 Å². The van der Waals surface area contributed by atoms with Crippen LogP contribution in [-0.4, -0.2) is 21.8 Å². The Balaban J connectivity index is 2.04. The van der Waals surface area contributed by atoms with Crippen LogP contribution in [0.25, 0.3) is 0 Å². The van der Waals surface area contributed by atoms with E-state index in [1.807, 2.05) is 18.3 Å². The Hall–Kier alpha value is -1.20. The molecule has 80 valence electrons. The first-order valence-electron chi connectivity index (χ1n) is 4.76. The molecular formula is C10H13N3OS. The van der Waals surface area contributed by atoms with E-state index < -0.39 is 0 Å². The van der Waals surface area contributed by atoms with Gasteiger partial charge >= 0.3 is 0 Å². The molecule has 4 nitrogen and oxygen atoms in total. The molecule has 0 unspecified atom stereocenters. The minimum absolute atomic E-state index is 0.665. The van der Waals surface area contributed by atoms with Crippen LogP contribution in [0.5, 0.6) is 0 Å². The summed E-state index contributed by atoms with van der Waals surface area (Å²) < 4.78 is 7.34. The highest BCUT2D eigenvalue weighted by Crippen LogP contribution is 2.16. The van der Waals surface area contributed by atoms with Crippen LogP contribution in [0.2, 0.25) is 0 Å². The maximum atomic E-state index is 5.45. The Kier molecular flexibility index (Phi) is 3.47. The molecule has 2 aromatic heterocycles. The highest BCUT2D eigenvalue weighted by atomic mass is 32.2. The van der Waals surface area contributed by atoms with Crippen molar-refractivity contribution < 1.29 is 4.42 Å². The summed E-state index contributed by atoms with van der Waals surface area (Å²) >= 11 is 1.66. The number of furan rings is 1. The van der Waals surface area contributed by atoms with Crippen LogP contribution in [-0.2, 0) is 6.54 Å². The number of hydrogen-bond donors (Lipinski definition) is 1. The fourth-order valence-corrected chi connectivity index (χ4v) is 2.00. The van der Waals surface area contributed by atoms with Gasteiger partial charge in [-0.3, -0.25) is 0 Å². The molecule has 2 aromatic rings. The second-order valence-electron chi connectivity index (χ2n) is 3.05. The zero-order valence-electron chi connectivity index (χ0n) is 8.30. The predicted octanol–water partition coefficient (Wildman–Crippen LogP) is 1.58. The first-order chi connectivity index (χ1) is 7.40. The van der Waals surface area contributed by atoms with E-state index in [-0.39, 0.29) is 0 Å². The normalized spacial score (nSPS) is 10.7. The molecule has 2 N–H and O–H groups in total. The smallest absolute Gasteiger partial charge is 0.168 e. The van der Waals surface area contributed by atoms with E-state index in [2.05, 4.69) is 9.55 Å². The fraction of sp³-hybridized carbons (Fsp3) is 0.300. The summed E-state index contributed by atoms with van der Waals surface area (Å²) in [5.74, 6) is 1.82. The monoisotopic (exact) mass is 223 g/mol. The van der Waals surface area contributed by atoms with Gasteiger partial charge in [0.2, 0.25) is 0 Å². The Morgan fingerprint density at radius 1 is 1.53 bits per heavy atom. The molecule has 0 aliphatic heterocycles. The molecule has 0 aliphatic carbocycles. The standard InChI is InChI=1S/C10H13N3OS/c11-3-7-15-10-12-4-5-13(10)8-9-2-1-6-14-9/h1-2,4-6H,3,7-8,11H2. The molecule has 0 atom stereocenters. The van der Waals surface area contributed by atoms with Gasteiger partial charge < -0.3 is 14.7 Å². The van der Waals surface area contributed by atoms with Crippen molar-refractivity contribution in [2.24, 2.45) is 5.73 Å². The maximum Gasteiger partial charge on any atom is 0.168 e. The molecule has 0 fully saturated rings. The third-order valence-corrected chi connectivity index (χ3v) is 2.97. The van der Waals surface area contributed by atoms with E-state index in [4.69, 9.17) is 10.2 Å². The van der Waals surface area contributed by atoms with Crippen LogP contribution >= 0.6 is 11.8 Å². The van der Waals surface area contributed by atoms with Crippen LogP contribution in [0.1, 0.15) is 5.76 Å². The summed E-state index contributed by atoms with van der Waals surface area (Å²) in [6.07, 6.45) is 5.42. The Bertz CT molecular complexity index is 396. The van der Waals surface area contributed by atoms with Gasteiger partial charge in [0.05, 0.1) is 12.8 Å². The zero-order valence-corrected chi connectivity index (χ0v) is 9.11. The van der Waals surface area contributed by atoms with Gasteiger partial charge in [0.1, 0.15) is 5.76 Å². The predicted molar refractivity (Wildman–Crippen MR) is 59.8 cm³/mol. The maximum absolute atomic E-state index is 5.45. The molecular weight excluding hydrogens is 210 g/mol. The van der Waals surface area contributed by atoms with Crippen molar-refractivity contribution in [3.63, 3.8) is 0 Å². The van der Waals surface area contributed by atoms with E-state index in [1.165, 1.54) is 0 Å². The Morgan fingerprint density at radius 3 is 3.20 bits per heavy atom. The van der Waals surface area contributed by atoms with Crippen LogP contribution < -0.4 is 5.73 Å². The van der Waals surface area contributed by atoms with Gasteiger partial charge in [-0.2, -0.15) is 0 Å². The third-order valence-electron chi connectivity index (χ3n) is 1.93. The van der Waals surface area contributed by atoms with Crippen LogP contribution in [0.4, 0.5) is 0 Å². The zero-order chi connectivity index (χ0) is 10.5. The van der Waals surface area contributed by atoms with E-state index in [0.29, 0.717) is 6.54 Å². The van der Waals surface area contributed by atoms with Gasteiger partial charge in [0.15, 0.2) is 5.16 Å². The lowest BCUT2D eigenvalue weighted by atomic mass is 10.4. The van der Waals surface area contributed by atoms with Crippen molar-refractivity contribution in [2.75, 3.05) is 12.3 Å². The number of aromatic nitrogens is 2. The molecule has 0 aliphatic rings. The SMILES string of the molecule is NCCSc1nccn1Cc1ccco1. The highest BCUT2D eigenvalue weighted by molar-refractivity contribution is 7.99. The van der Waals surface area contributed by atoms with Gasteiger partial charge in [-0.1, -0.05) is 11.8 Å². The van der Waals surface area contributed by atoms with Gasteiger partial charge in [-0.15, -0.1) is 0 Å². The molecule has 0 saturated carbocycles. The average Bonchev–Trinajstić information content (AvgIpc) is 2.87. The molecule has 0 spiro atoms. The van der Waals surface area contributed by atoms with Crippen LogP contribution in [0, 0.1) is 0 Å². The Labute approximate surface area is 92.5 Å². The van der Waals surface area contributed by atoms with E-state index >= 15 is 0 Å². The molecule has 0 saturated heterocycles. The summed E-state index contributed by atoms with van der Waals surface area (Å²) in [7, 11) is 0. The van der Waals surface area contributed by atoms with Crippen LogP contribution in [0.15, 0.2) is 40.4 Å². The van der Waals surface area contributed by atoms with Crippen molar-refractivity contribution in [1.29, 1.82) is 0 Å². The second-order valence-corrected chi connectivity index (χ2v) is 4.12. The highest BCUT2D eigenvalue weighted by Gasteiger charge is 2.04. The van der Waals surface area contributed by atoms with Crippen molar-refractivity contribution in [3.05, 3.63) is 36.5 Å². The van der Waals surface area contributed by atoms with Gasteiger partial charge in [0.25, 0.3) is 0 Å². The molecule has 0 bridgehead atoms. The molecule has 0 radical (unpaired) electrons. The van der Waals surface area contributed by atoms with Crippen LogP contribution in [0.3, 0.4) is 0 Å². The summed E-state index contributed by atoms with van der Waals surface area (Å²) in [4.78, 5) is 4.26. The largest absolute Gasteiger partial charge is 0.467 e. The number of nitrogens with zero attached hydrogens (tertiary/aromatic N) is 2. The van der Waals surface area contributed by atoms with Gasteiger partial charge in [0, 0.05) is 24.7 Å². The summed E-state index contributed by atoms with van der Waals surface area (Å²) in [5, 5.41) is 0.983. The number of nitrogens with two attached hydrogens (primary N) is 1. The lowest BCUT2D eigenvalue weighted by molar-refractivity contribution is 0.484. The molecule has 5 heteroatoms. The van der Waals surface area contributed by atoms with E-state index in [9.17, 15) is 0 Å². The minimum Gasteiger partial charge on any atom is -0.467 e. The molecule has 0 aromatic carbocycles. The topological polar surface area (TPSA) is 57.0 Å². The number of rotatable bonds is 5. The van der Waals surface area contributed by atoms with Crippen molar-refractivity contribution in [1.82, 2.24) is 9.55 Å². The third kappa shape index (κ3) is 2.64. The van der Waals surface area contributed by atoms with E-state index in [1.54, 1.807) is 24.2 Å². The van der Waals surface area contributed by atoms with Gasteiger partial charge in [-0.05, 0) is 12.1 Å². The lowest BCUT2D eigenvalue weighted by Crippen LogP contribution is -2.04. The number of imidazole rings is 1. The molecule has 2 heterocycles. The molecule has 0 amide bonds. The van der Waals surface area contributed by atoms with Gasteiger partial charge in [-0.25, -0.2) is 4.98 Å². The Morgan fingerprint density at radius 2 is 2.47 bits per heavy atom.